The summed E-state index contributed by atoms with van der Waals surface area (Å²) in [6.45, 7) is -0.997. The van der Waals surface area contributed by atoms with Gasteiger partial charge in [-0.05, 0) is 46.8 Å². The molecule has 2 heterocycles. The van der Waals surface area contributed by atoms with Crippen molar-refractivity contribution in [2.75, 3.05) is 0 Å². The first-order valence-corrected chi connectivity index (χ1v) is 9.80. The average Bonchev–Trinajstić information content (AvgIpc) is 3.31. The molecule has 0 saturated carbocycles. The van der Waals surface area contributed by atoms with Gasteiger partial charge in [-0.1, -0.05) is 11.8 Å². The number of nitrogens with zero attached hydrogens (tertiary/aromatic N) is 5. The van der Waals surface area contributed by atoms with Gasteiger partial charge in [0.1, 0.15) is 35.3 Å². The highest BCUT2D eigenvalue weighted by molar-refractivity contribution is 5.43. The Hall–Kier alpha value is -4.24. The summed E-state index contributed by atoms with van der Waals surface area (Å²) in [5.74, 6) is -3.42. The Morgan fingerprint density at radius 3 is 2.20 bits per heavy atom. The van der Waals surface area contributed by atoms with E-state index in [2.05, 4.69) is 32.4 Å². The van der Waals surface area contributed by atoms with Crippen LogP contribution in [0.1, 0.15) is 22.4 Å². The predicted molar refractivity (Wildman–Crippen MR) is 109 cm³/mol. The quantitative estimate of drug-likeness (QED) is 0.342. The van der Waals surface area contributed by atoms with Gasteiger partial charge in [-0.15, -0.1) is 5.10 Å². The molecule has 0 bridgehead atoms. The third-order valence-corrected chi connectivity index (χ3v) is 5.04. The number of pyridine rings is 1. The van der Waals surface area contributed by atoms with Crippen LogP contribution in [-0.4, -0.2) is 30.3 Å². The van der Waals surface area contributed by atoms with Crippen molar-refractivity contribution < 1.29 is 31.4 Å². The van der Waals surface area contributed by atoms with E-state index in [0.29, 0.717) is 18.2 Å². The minimum Gasteiger partial charge on any atom is -0.377 e. The number of tetrazole rings is 1. The van der Waals surface area contributed by atoms with E-state index in [1.807, 2.05) is 0 Å². The molecule has 4 rings (SSSR count). The number of rotatable bonds is 5. The number of hydrogen-bond acceptors (Lipinski definition) is 5. The van der Waals surface area contributed by atoms with Gasteiger partial charge in [0.05, 0.1) is 12.1 Å². The fourth-order valence-electron chi connectivity index (χ4n) is 3.26. The van der Waals surface area contributed by atoms with E-state index in [1.54, 1.807) is 0 Å². The fraction of sp³-hybridized carbons (Fsp3) is 0.130. The second-order valence-corrected chi connectivity index (χ2v) is 7.37. The lowest BCUT2D eigenvalue weighted by Crippen LogP contribution is -2.48. The second kappa shape index (κ2) is 9.19. The molecule has 35 heavy (non-hydrogen) atoms. The molecule has 2 aromatic heterocycles. The lowest BCUT2D eigenvalue weighted by molar-refractivity contribution is -0.207. The van der Waals surface area contributed by atoms with E-state index in [4.69, 9.17) is 0 Å². The number of aliphatic hydroxyl groups is 1. The Labute approximate surface area is 193 Å². The second-order valence-electron chi connectivity index (χ2n) is 7.37. The van der Waals surface area contributed by atoms with Gasteiger partial charge in [-0.3, -0.25) is 4.98 Å². The van der Waals surface area contributed by atoms with Crippen LogP contribution in [0.15, 0.2) is 61.1 Å². The van der Waals surface area contributed by atoms with Crippen molar-refractivity contribution >= 4 is 0 Å². The average molecular weight is 489 g/mol. The normalized spacial score (nSPS) is 13.1. The van der Waals surface area contributed by atoms with E-state index in [9.17, 15) is 22.7 Å². The lowest BCUT2D eigenvalue weighted by Gasteiger charge is -2.35. The third-order valence-electron chi connectivity index (χ3n) is 5.04. The molecule has 12 heteroatoms. The zero-order chi connectivity index (χ0) is 25.2. The van der Waals surface area contributed by atoms with Crippen LogP contribution in [0.2, 0.25) is 0 Å². The number of hydrogen-bond donors (Lipinski definition) is 1. The molecule has 1 atom stereocenters. The summed E-state index contributed by atoms with van der Waals surface area (Å²) in [6.07, 6.45) is 1.87. The number of benzene rings is 2. The molecule has 0 spiro atoms. The van der Waals surface area contributed by atoms with Crippen molar-refractivity contribution in [3.8, 4) is 11.8 Å². The highest BCUT2D eigenvalue weighted by Gasteiger charge is 2.57. The van der Waals surface area contributed by atoms with Crippen molar-refractivity contribution in [2.24, 2.45) is 0 Å². The Bertz CT molecular complexity index is 1420. The summed E-state index contributed by atoms with van der Waals surface area (Å²) in [7, 11) is 0. The summed E-state index contributed by atoms with van der Waals surface area (Å²) >= 11 is 0. The van der Waals surface area contributed by atoms with Crippen molar-refractivity contribution in [1.82, 2.24) is 25.2 Å². The molecular weight excluding hydrogens is 476 g/mol. The standard InChI is InChI=1S/C23H13F6N5O/c24-16-5-4-15(19(26)9-16)3-1-14-2-8-21(30-11-14)23(28,29)22(35,12-34-13-31-32-33-34)18-7-6-17(25)10-20(18)27/h2,4-11,13,35H,12H2. The first-order chi connectivity index (χ1) is 16.6. The van der Waals surface area contributed by atoms with Crippen LogP contribution in [0.25, 0.3) is 0 Å². The molecule has 6 nitrogen and oxygen atoms in total. The summed E-state index contributed by atoms with van der Waals surface area (Å²) in [5, 5.41) is 21.2. The number of alkyl halides is 2. The van der Waals surface area contributed by atoms with Gasteiger partial charge in [0.2, 0.25) is 0 Å². The minimum atomic E-state index is -4.23. The van der Waals surface area contributed by atoms with Crippen molar-refractivity contribution in [1.29, 1.82) is 0 Å². The van der Waals surface area contributed by atoms with Crippen LogP contribution in [-0.2, 0) is 18.1 Å². The smallest absolute Gasteiger partial charge is 0.323 e. The largest absolute Gasteiger partial charge is 0.377 e. The molecule has 0 aliphatic rings. The third kappa shape index (κ3) is 4.71. The van der Waals surface area contributed by atoms with Gasteiger partial charge in [0, 0.05) is 29.5 Å². The fourth-order valence-corrected chi connectivity index (χ4v) is 3.26. The topological polar surface area (TPSA) is 76.7 Å². The summed E-state index contributed by atoms with van der Waals surface area (Å²) in [6, 6.07) is 6.52. The van der Waals surface area contributed by atoms with E-state index < -0.39 is 52.6 Å². The highest BCUT2D eigenvalue weighted by atomic mass is 19.3. The van der Waals surface area contributed by atoms with Crippen LogP contribution in [0.4, 0.5) is 26.3 Å². The number of aromatic nitrogens is 5. The van der Waals surface area contributed by atoms with Crippen molar-refractivity contribution in [3.05, 3.63) is 107 Å². The van der Waals surface area contributed by atoms with Gasteiger partial charge in [0.15, 0.2) is 5.60 Å². The maximum absolute atomic E-state index is 15.7. The molecule has 1 N–H and O–H groups in total. The van der Waals surface area contributed by atoms with Gasteiger partial charge < -0.3 is 5.11 Å². The lowest BCUT2D eigenvalue weighted by atomic mass is 9.84. The van der Waals surface area contributed by atoms with Gasteiger partial charge in [-0.25, -0.2) is 22.2 Å². The molecule has 0 amide bonds. The van der Waals surface area contributed by atoms with Crippen LogP contribution >= 0.6 is 0 Å². The van der Waals surface area contributed by atoms with Crippen LogP contribution in [0.3, 0.4) is 0 Å². The molecule has 0 fully saturated rings. The highest BCUT2D eigenvalue weighted by Crippen LogP contribution is 2.46. The maximum atomic E-state index is 15.7. The zero-order valence-electron chi connectivity index (χ0n) is 17.4. The van der Waals surface area contributed by atoms with Crippen molar-refractivity contribution in [3.63, 3.8) is 0 Å². The molecule has 2 aromatic carbocycles. The van der Waals surface area contributed by atoms with E-state index in [0.717, 1.165) is 47.5 Å². The van der Waals surface area contributed by atoms with Crippen LogP contribution < -0.4 is 0 Å². The molecule has 0 aliphatic carbocycles. The molecular formula is C23H13F6N5O. The van der Waals surface area contributed by atoms with Gasteiger partial charge in [-0.2, -0.15) is 8.78 Å². The Morgan fingerprint density at radius 1 is 0.886 bits per heavy atom. The van der Waals surface area contributed by atoms with Crippen LogP contribution in [0, 0.1) is 35.1 Å². The molecule has 0 saturated heterocycles. The van der Waals surface area contributed by atoms with E-state index in [1.165, 1.54) is 0 Å². The summed E-state index contributed by atoms with van der Waals surface area (Å²) in [4.78, 5) is 3.64. The molecule has 1 unspecified atom stereocenters. The van der Waals surface area contributed by atoms with Gasteiger partial charge in [0.25, 0.3) is 0 Å². The van der Waals surface area contributed by atoms with Crippen LogP contribution in [0.5, 0.6) is 0 Å². The van der Waals surface area contributed by atoms with E-state index >= 15 is 8.78 Å². The molecule has 0 aliphatic heterocycles. The van der Waals surface area contributed by atoms with Gasteiger partial charge >= 0.3 is 5.92 Å². The predicted octanol–water partition coefficient (Wildman–Crippen LogP) is 3.70. The summed E-state index contributed by atoms with van der Waals surface area (Å²) in [5.41, 5.74) is -5.17. The number of halogens is 6. The first-order valence-electron chi connectivity index (χ1n) is 9.80. The minimum absolute atomic E-state index is 0.102. The SMILES string of the molecule is OC(Cn1cnnn1)(c1ccc(F)cc1F)C(F)(F)c1ccc(C#Cc2ccc(F)cc2F)cn1. The van der Waals surface area contributed by atoms with E-state index in [-0.39, 0.29) is 11.1 Å². The molecule has 0 radical (unpaired) electrons. The Morgan fingerprint density at radius 2 is 1.60 bits per heavy atom. The maximum Gasteiger partial charge on any atom is 0.323 e. The first kappa shape index (κ1) is 23.9. The monoisotopic (exact) mass is 489 g/mol. The van der Waals surface area contributed by atoms with Crippen molar-refractivity contribution in [2.45, 2.75) is 18.1 Å². The zero-order valence-corrected chi connectivity index (χ0v) is 17.4. The molecule has 178 valence electrons. The summed E-state index contributed by atoms with van der Waals surface area (Å²) < 4.78 is 86.7. The Kier molecular flexibility index (Phi) is 6.27. The Balaban J connectivity index is 1.71. The molecule has 4 aromatic rings.